The van der Waals surface area contributed by atoms with Gasteiger partial charge in [-0.1, -0.05) is 13.3 Å². The molecular formula is C10H18O. The molecule has 2 aliphatic rings. The summed E-state index contributed by atoms with van der Waals surface area (Å²) in [5.74, 6) is 2.23. The van der Waals surface area contributed by atoms with Crippen molar-refractivity contribution >= 4 is 0 Å². The van der Waals surface area contributed by atoms with Crippen molar-refractivity contribution in [3.63, 3.8) is 0 Å². The zero-order valence-corrected chi connectivity index (χ0v) is 7.29. The normalized spacial score (nSPS) is 48.5. The van der Waals surface area contributed by atoms with Gasteiger partial charge in [0.25, 0.3) is 0 Å². The fraction of sp³-hybridized carbons (Fsp3) is 1.00. The van der Waals surface area contributed by atoms with Crippen LogP contribution in [0.4, 0.5) is 0 Å². The van der Waals surface area contributed by atoms with Gasteiger partial charge in [0.15, 0.2) is 0 Å². The maximum Gasteiger partial charge on any atom is 0.0599 e. The summed E-state index contributed by atoms with van der Waals surface area (Å²) in [4.78, 5) is 0. The Labute approximate surface area is 68.8 Å². The molecule has 0 radical (unpaired) electrons. The van der Waals surface area contributed by atoms with Crippen molar-refractivity contribution in [2.45, 2.75) is 45.1 Å². The van der Waals surface area contributed by atoms with Gasteiger partial charge < -0.3 is 5.11 Å². The van der Waals surface area contributed by atoms with Gasteiger partial charge in [0.2, 0.25) is 0 Å². The number of aliphatic hydroxyl groups is 1. The molecule has 0 aromatic heterocycles. The molecule has 64 valence electrons. The maximum absolute atomic E-state index is 9.81. The molecule has 11 heavy (non-hydrogen) atoms. The standard InChI is InChI=1S/C10H18O/c1-2-3-9-7-4-5-8(6-7)10(9)11/h7-11H,2-6H2,1H3. The number of aliphatic hydroxyl groups excluding tert-OH is 1. The lowest BCUT2D eigenvalue weighted by atomic mass is 9.83. The van der Waals surface area contributed by atoms with Crippen LogP contribution in [0.3, 0.4) is 0 Å². The highest BCUT2D eigenvalue weighted by atomic mass is 16.3. The molecule has 2 rings (SSSR count). The Morgan fingerprint density at radius 2 is 2.00 bits per heavy atom. The molecule has 0 aromatic carbocycles. The average Bonchev–Trinajstić information content (AvgIpc) is 2.54. The monoisotopic (exact) mass is 154 g/mol. The molecule has 0 saturated heterocycles. The van der Waals surface area contributed by atoms with Gasteiger partial charge in [0, 0.05) is 0 Å². The average molecular weight is 154 g/mol. The Balaban J connectivity index is 2.00. The van der Waals surface area contributed by atoms with E-state index in [2.05, 4.69) is 6.92 Å². The van der Waals surface area contributed by atoms with Crippen LogP contribution in [0, 0.1) is 17.8 Å². The van der Waals surface area contributed by atoms with Crippen molar-refractivity contribution < 1.29 is 5.11 Å². The Morgan fingerprint density at radius 1 is 1.27 bits per heavy atom. The molecule has 1 heteroatoms. The molecule has 0 aliphatic heterocycles. The first-order valence-corrected chi connectivity index (χ1v) is 5.01. The first-order chi connectivity index (χ1) is 5.33. The second-order valence-electron chi connectivity index (χ2n) is 4.28. The van der Waals surface area contributed by atoms with E-state index in [1.165, 1.54) is 32.1 Å². The van der Waals surface area contributed by atoms with Gasteiger partial charge in [-0.25, -0.2) is 0 Å². The molecular weight excluding hydrogens is 136 g/mol. The first kappa shape index (κ1) is 7.60. The fourth-order valence-corrected chi connectivity index (χ4v) is 3.12. The Bertz CT molecular complexity index is 142. The minimum Gasteiger partial charge on any atom is -0.393 e. The Kier molecular flexibility index (Phi) is 1.92. The van der Waals surface area contributed by atoms with Gasteiger partial charge in [0.1, 0.15) is 0 Å². The third-order valence-electron chi connectivity index (χ3n) is 3.66. The summed E-state index contributed by atoms with van der Waals surface area (Å²) in [7, 11) is 0. The third kappa shape index (κ3) is 1.10. The van der Waals surface area contributed by atoms with Crippen molar-refractivity contribution in [3.05, 3.63) is 0 Å². The van der Waals surface area contributed by atoms with Crippen molar-refractivity contribution in [1.82, 2.24) is 0 Å². The summed E-state index contributed by atoms with van der Waals surface area (Å²) in [6, 6.07) is 0. The van der Waals surface area contributed by atoms with Crippen LogP contribution >= 0.6 is 0 Å². The second kappa shape index (κ2) is 2.78. The van der Waals surface area contributed by atoms with Gasteiger partial charge in [-0.05, 0) is 43.4 Å². The quantitative estimate of drug-likeness (QED) is 0.646. The molecule has 4 atom stereocenters. The number of fused-ring (bicyclic) bond motifs is 2. The lowest BCUT2D eigenvalue weighted by molar-refractivity contribution is 0.0544. The van der Waals surface area contributed by atoms with Crippen molar-refractivity contribution in [1.29, 1.82) is 0 Å². The minimum atomic E-state index is 0.0636. The molecule has 1 N–H and O–H groups in total. The van der Waals surface area contributed by atoms with Crippen LogP contribution in [0.15, 0.2) is 0 Å². The maximum atomic E-state index is 9.81. The molecule has 0 aromatic rings. The third-order valence-corrected chi connectivity index (χ3v) is 3.66. The van der Waals surface area contributed by atoms with Crippen molar-refractivity contribution in [2.24, 2.45) is 17.8 Å². The van der Waals surface area contributed by atoms with Crippen LogP contribution in [-0.4, -0.2) is 11.2 Å². The minimum absolute atomic E-state index is 0.0636. The van der Waals surface area contributed by atoms with E-state index < -0.39 is 0 Å². The van der Waals surface area contributed by atoms with E-state index in [1.807, 2.05) is 0 Å². The molecule has 0 spiro atoms. The largest absolute Gasteiger partial charge is 0.393 e. The number of rotatable bonds is 2. The summed E-state index contributed by atoms with van der Waals surface area (Å²) in [6.45, 7) is 2.22. The van der Waals surface area contributed by atoms with E-state index in [4.69, 9.17) is 0 Å². The smallest absolute Gasteiger partial charge is 0.0599 e. The summed E-state index contributed by atoms with van der Waals surface area (Å²) < 4.78 is 0. The van der Waals surface area contributed by atoms with Crippen molar-refractivity contribution in [3.8, 4) is 0 Å². The molecule has 1 nitrogen and oxygen atoms in total. The van der Waals surface area contributed by atoms with Crippen LogP contribution in [0.1, 0.15) is 39.0 Å². The van der Waals surface area contributed by atoms with Crippen LogP contribution in [0.2, 0.25) is 0 Å². The summed E-state index contributed by atoms with van der Waals surface area (Å²) in [5.41, 5.74) is 0. The Morgan fingerprint density at radius 3 is 2.55 bits per heavy atom. The summed E-state index contributed by atoms with van der Waals surface area (Å²) in [5, 5.41) is 9.81. The van der Waals surface area contributed by atoms with Gasteiger partial charge >= 0.3 is 0 Å². The predicted molar refractivity (Wildman–Crippen MR) is 45.2 cm³/mol. The lowest BCUT2D eigenvalue weighted by Crippen LogP contribution is -2.26. The topological polar surface area (TPSA) is 20.2 Å². The van der Waals surface area contributed by atoms with Crippen molar-refractivity contribution in [2.75, 3.05) is 0 Å². The summed E-state index contributed by atoms with van der Waals surface area (Å²) >= 11 is 0. The van der Waals surface area contributed by atoms with Gasteiger partial charge in [-0.15, -0.1) is 0 Å². The second-order valence-corrected chi connectivity index (χ2v) is 4.28. The Hall–Kier alpha value is -0.0400. The van der Waals surface area contributed by atoms with Gasteiger partial charge in [0.05, 0.1) is 6.10 Å². The van der Waals surface area contributed by atoms with E-state index in [0.717, 1.165) is 5.92 Å². The van der Waals surface area contributed by atoms with Crippen LogP contribution in [-0.2, 0) is 0 Å². The predicted octanol–water partition coefficient (Wildman–Crippen LogP) is 2.19. The molecule has 2 aliphatic carbocycles. The van der Waals surface area contributed by atoms with E-state index in [1.54, 1.807) is 0 Å². The number of hydrogen-bond donors (Lipinski definition) is 1. The van der Waals surface area contributed by atoms with E-state index in [9.17, 15) is 5.11 Å². The molecule has 0 heterocycles. The summed E-state index contributed by atoms with van der Waals surface area (Å²) in [6.07, 6.45) is 6.58. The fourth-order valence-electron chi connectivity index (χ4n) is 3.12. The zero-order valence-electron chi connectivity index (χ0n) is 7.29. The highest BCUT2D eigenvalue weighted by Gasteiger charge is 2.45. The van der Waals surface area contributed by atoms with Gasteiger partial charge in [-0.2, -0.15) is 0 Å². The first-order valence-electron chi connectivity index (χ1n) is 5.01. The number of hydrogen-bond acceptors (Lipinski definition) is 1. The molecule has 2 fully saturated rings. The van der Waals surface area contributed by atoms with E-state index in [0.29, 0.717) is 11.8 Å². The SMILES string of the molecule is CCCC1C2CCC(C2)C1O. The van der Waals surface area contributed by atoms with E-state index >= 15 is 0 Å². The molecule has 0 amide bonds. The van der Waals surface area contributed by atoms with Crippen LogP contribution in [0.5, 0.6) is 0 Å². The van der Waals surface area contributed by atoms with E-state index in [-0.39, 0.29) is 6.10 Å². The molecule has 2 bridgehead atoms. The molecule has 2 saturated carbocycles. The zero-order chi connectivity index (χ0) is 7.84. The highest BCUT2D eigenvalue weighted by Crippen LogP contribution is 2.49. The van der Waals surface area contributed by atoms with Crippen LogP contribution in [0.25, 0.3) is 0 Å². The molecule has 4 unspecified atom stereocenters. The van der Waals surface area contributed by atoms with Crippen LogP contribution < -0.4 is 0 Å². The lowest BCUT2D eigenvalue weighted by Gasteiger charge is -2.26. The highest BCUT2D eigenvalue weighted by molar-refractivity contribution is 4.96. The van der Waals surface area contributed by atoms with Gasteiger partial charge in [-0.3, -0.25) is 0 Å².